The molecule has 0 aromatic carbocycles. The van der Waals surface area contributed by atoms with E-state index in [1.165, 1.54) is 6.42 Å². The molecule has 0 aliphatic carbocycles. The van der Waals surface area contributed by atoms with Crippen molar-refractivity contribution in [2.75, 3.05) is 0 Å². The number of nitrogens with one attached hydrogen (secondary N) is 1. The third-order valence-corrected chi connectivity index (χ3v) is 1.77. The zero-order valence-electron chi connectivity index (χ0n) is 9.54. The quantitative estimate of drug-likeness (QED) is 0.654. The number of primary amides is 1. The lowest BCUT2D eigenvalue weighted by Gasteiger charge is -2.17. The highest BCUT2D eigenvalue weighted by atomic mass is 16.2. The summed E-state index contributed by atoms with van der Waals surface area (Å²) in [4.78, 5) is 20.7. The number of carbonyl (C=O) groups is 2. The average Bonchev–Trinajstić information content (AvgIpc) is 2.14. The predicted octanol–water partition coefficient (Wildman–Crippen LogP) is 1.05. The van der Waals surface area contributed by atoms with Gasteiger partial charge in [-0.2, -0.15) is 0 Å². The summed E-state index contributed by atoms with van der Waals surface area (Å²) in [5.74, 6) is -0.385. The van der Waals surface area contributed by atoms with Gasteiger partial charge in [0.05, 0.1) is 0 Å². The normalized spacial score (nSPS) is 13.1. The van der Waals surface area contributed by atoms with Gasteiger partial charge in [0, 0.05) is 0 Å². The van der Waals surface area contributed by atoms with Crippen LogP contribution in [0.15, 0.2) is 0 Å². The highest BCUT2D eigenvalue weighted by Gasteiger charge is 2.19. The standard InChI is InChI=1S/C7H14N2O2.C3H8/c1-3-5(2)6(7(8)11)9-4-10;1-3-2/h4-6H,3H2,1-2H3,(H2,8,11)(H,9,10);3H2,1-2H3. The molecule has 0 aromatic heterocycles. The second kappa shape index (κ2) is 10.0. The van der Waals surface area contributed by atoms with Crippen molar-refractivity contribution in [3.8, 4) is 0 Å². The first-order valence-corrected chi connectivity index (χ1v) is 5.03. The predicted molar refractivity (Wildman–Crippen MR) is 57.6 cm³/mol. The highest BCUT2D eigenvalue weighted by molar-refractivity contribution is 5.82. The van der Waals surface area contributed by atoms with Crippen LogP contribution < -0.4 is 11.1 Å². The van der Waals surface area contributed by atoms with E-state index >= 15 is 0 Å². The summed E-state index contributed by atoms with van der Waals surface area (Å²) in [6.07, 6.45) is 2.57. The minimum atomic E-state index is -0.530. The van der Waals surface area contributed by atoms with Crippen molar-refractivity contribution in [2.45, 2.75) is 46.6 Å². The van der Waals surface area contributed by atoms with E-state index in [4.69, 9.17) is 5.73 Å². The lowest BCUT2D eigenvalue weighted by molar-refractivity contribution is -0.123. The molecule has 0 fully saturated rings. The van der Waals surface area contributed by atoms with Gasteiger partial charge in [0.15, 0.2) is 0 Å². The van der Waals surface area contributed by atoms with Crippen LogP contribution in [0, 0.1) is 5.92 Å². The second-order valence-corrected chi connectivity index (χ2v) is 3.26. The van der Waals surface area contributed by atoms with Crippen LogP contribution in [0.5, 0.6) is 0 Å². The van der Waals surface area contributed by atoms with Gasteiger partial charge in [0.2, 0.25) is 12.3 Å². The van der Waals surface area contributed by atoms with Gasteiger partial charge in [-0.15, -0.1) is 0 Å². The van der Waals surface area contributed by atoms with Crippen LogP contribution in [-0.2, 0) is 9.59 Å². The maximum atomic E-state index is 10.7. The summed E-state index contributed by atoms with van der Waals surface area (Å²) in [6.45, 7) is 8.05. The number of carbonyl (C=O) groups excluding carboxylic acids is 2. The summed E-state index contributed by atoms with van der Waals surface area (Å²) in [5, 5.41) is 2.38. The van der Waals surface area contributed by atoms with Gasteiger partial charge in [-0.25, -0.2) is 0 Å². The number of hydrogen-bond acceptors (Lipinski definition) is 2. The van der Waals surface area contributed by atoms with Crippen LogP contribution >= 0.6 is 0 Å². The van der Waals surface area contributed by atoms with E-state index in [1.807, 2.05) is 13.8 Å². The van der Waals surface area contributed by atoms with E-state index in [2.05, 4.69) is 19.2 Å². The van der Waals surface area contributed by atoms with Crippen LogP contribution in [0.1, 0.15) is 40.5 Å². The molecule has 2 unspecified atom stereocenters. The summed E-state index contributed by atoms with van der Waals surface area (Å²) in [7, 11) is 0. The summed E-state index contributed by atoms with van der Waals surface area (Å²) >= 11 is 0. The topological polar surface area (TPSA) is 72.2 Å². The molecule has 0 saturated carbocycles. The fraction of sp³-hybridized carbons (Fsp3) is 0.800. The molecule has 2 amide bonds. The molecule has 0 bridgehead atoms. The molecule has 0 saturated heterocycles. The first kappa shape index (κ1) is 15.4. The van der Waals surface area contributed by atoms with Gasteiger partial charge in [-0.1, -0.05) is 40.5 Å². The molecule has 0 rings (SSSR count). The highest BCUT2D eigenvalue weighted by Crippen LogP contribution is 2.05. The zero-order chi connectivity index (χ0) is 11.6. The summed E-state index contributed by atoms with van der Waals surface area (Å²) in [5.41, 5.74) is 5.04. The number of amides is 2. The van der Waals surface area contributed by atoms with Crippen molar-refractivity contribution in [1.29, 1.82) is 0 Å². The molecule has 0 spiro atoms. The van der Waals surface area contributed by atoms with Gasteiger partial charge < -0.3 is 11.1 Å². The first-order valence-electron chi connectivity index (χ1n) is 5.03. The maximum Gasteiger partial charge on any atom is 0.240 e. The smallest absolute Gasteiger partial charge is 0.240 e. The molecule has 84 valence electrons. The minimum Gasteiger partial charge on any atom is -0.368 e. The Hall–Kier alpha value is -1.06. The zero-order valence-corrected chi connectivity index (χ0v) is 9.54. The van der Waals surface area contributed by atoms with Crippen molar-refractivity contribution < 1.29 is 9.59 Å². The Labute approximate surface area is 86.2 Å². The largest absolute Gasteiger partial charge is 0.368 e. The fourth-order valence-electron chi connectivity index (χ4n) is 0.836. The van der Waals surface area contributed by atoms with Crippen LogP contribution in [0.2, 0.25) is 0 Å². The fourth-order valence-corrected chi connectivity index (χ4v) is 0.836. The van der Waals surface area contributed by atoms with Crippen molar-refractivity contribution >= 4 is 12.3 Å². The van der Waals surface area contributed by atoms with E-state index in [1.54, 1.807) is 0 Å². The Morgan fingerprint density at radius 2 is 1.86 bits per heavy atom. The second-order valence-electron chi connectivity index (χ2n) is 3.26. The SMILES string of the molecule is CCC.CCC(C)C(NC=O)C(N)=O. The summed E-state index contributed by atoms with van der Waals surface area (Å²) in [6, 6.07) is -0.530. The molecule has 2 atom stereocenters. The Kier molecular flexibility index (Phi) is 11.0. The van der Waals surface area contributed by atoms with Crippen molar-refractivity contribution in [3.63, 3.8) is 0 Å². The van der Waals surface area contributed by atoms with Gasteiger partial charge >= 0.3 is 0 Å². The molecular weight excluding hydrogens is 180 g/mol. The Balaban J connectivity index is 0. The van der Waals surface area contributed by atoms with Gasteiger partial charge in [-0.3, -0.25) is 9.59 Å². The molecule has 0 aromatic rings. The van der Waals surface area contributed by atoms with E-state index in [9.17, 15) is 9.59 Å². The van der Waals surface area contributed by atoms with Crippen LogP contribution in [-0.4, -0.2) is 18.4 Å². The van der Waals surface area contributed by atoms with Crippen molar-refractivity contribution in [3.05, 3.63) is 0 Å². The van der Waals surface area contributed by atoms with Gasteiger partial charge in [0.25, 0.3) is 0 Å². The molecule has 0 aliphatic rings. The molecule has 0 heterocycles. The lowest BCUT2D eigenvalue weighted by atomic mass is 9.99. The molecule has 0 aliphatic heterocycles. The Bertz CT molecular complexity index is 160. The van der Waals surface area contributed by atoms with Crippen molar-refractivity contribution in [2.24, 2.45) is 11.7 Å². The van der Waals surface area contributed by atoms with Crippen LogP contribution in [0.4, 0.5) is 0 Å². The van der Waals surface area contributed by atoms with E-state index in [0.29, 0.717) is 6.41 Å². The summed E-state index contributed by atoms with van der Waals surface area (Å²) < 4.78 is 0. The molecule has 4 heteroatoms. The Morgan fingerprint density at radius 1 is 1.43 bits per heavy atom. The molecule has 4 nitrogen and oxygen atoms in total. The first-order chi connectivity index (χ1) is 6.54. The molecular formula is C10H22N2O2. The van der Waals surface area contributed by atoms with Crippen LogP contribution in [0.25, 0.3) is 0 Å². The lowest BCUT2D eigenvalue weighted by Crippen LogP contribution is -2.44. The monoisotopic (exact) mass is 202 g/mol. The number of nitrogens with two attached hydrogens (primary N) is 1. The van der Waals surface area contributed by atoms with Gasteiger partial charge in [-0.05, 0) is 5.92 Å². The maximum absolute atomic E-state index is 10.7. The number of rotatable bonds is 5. The minimum absolute atomic E-state index is 0.0951. The van der Waals surface area contributed by atoms with Crippen LogP contribution in [0.3, 0.4) is 0 Å². The molecule has 3 N–H and O–H groups in total. The average molecular weight is 202 g/mol. The molecule has 14 heavy (non-hydrogen) atoms. The van der Waals surface area contributed by atoms with E-state index < -0.39 is 11.9 Å². The third-order valence-electron chi connectivity index (χ3n) is 1.77. The van der Waals surface area contributed by atoms with Gasteiger partial charge in [0.1, 0.15) is 6.04 Å². The van der Waals surface area contributed by atoms with E-state index in [0.717, 1.165) is 6.42 Å². The number of hydrogen-bond donors (Lipinski definition) is 2. The molecule has 0 radical (unpaired) electrons. The van der Waals surface area contributed by atoms with E-state index in [-0.39, 0.29) is 5.92 Å². The van der Waals surface area contributed by atoms with Crippen molar-refractivity contribution in [1.82, 2.24) is 5.32 Å². The Morgan fingerprint density at radius 3 is 2.07 bits per heavy atom. The third kappa shape index (κ3) is 7.58.